The summed E-state index contributed by atoms with van der Waals surface area (Å²) in [4.78, 5) is 17.9. The van der Waals surface area contributed by atoms with Crippen LogP contribution in [-0.4, -0.2) is 41.4 Å². The Balaban J connectivity index is 1.39. The van der Waals surface area contributed by atoms with Crippen molar-refractivity contribution in [1.82, 2.24) is 9.80 Å². The summed E-state index contributed by atoms with van der Waals surface area (Å²) in [5.41, 5.74) is 2.41. The Morgan fingerprint density at radius 3 is 2.52 bits per heavy atom. The van der Waals surface area contributed by atoms with E-state index in [1.165, 1.54) is 16.3 Å². The minimum Gasteiger partial charge on any atom is -0.341 e. The van der Waals surface area contributed by atoms with E-state index in [1.807, 2.05) is 6.07 Å². The lowest BCUT2D eigenvalue weighted by atomic mass is 9.90. The Morgan fingerprint density at radius 2 is 1.68 bits per heavy atom. The average Bonchev–Trinajstić information content (AvgIpc) is 3.25. The second-order valence-corrected chi connectivity index (χ2v) is 8.72. The first-order valence-electron chi connectivity index (χ1n) is 11.3. The molecule has 0 N–H and O–H groups in total. The van der Waals surface area contributed by atoms with E-state index in [1.54, 1.807) is 0 Å². The Labute approximate surface area is 184 Å². The van der Waals surface area contributed by atoms with Crippen molar-refractivity contribution in [3.63, 3.8) is 0 Å². The molecule has 0 saturated carbocycles. The van der Waals surface area contributed by atoms with Crippen LogP contribution in [0, 0.1) is 18.3 Å². The molecule has 0 radical (unpaired) electrons. The van der Waals surface area contributed by atoms with Gasteiger partial charge in [0, 0.05) is 19.6 Å². The molecule has 3 nitrogen and oxygen atoms in total. The largest absolute Gasteiger partial charge is 0.341 e. The highest BCUT2D eigenvalue weighted by molar-refractivity contribution is 5.87. The summed E-state index contributed by atoms with van der Waals surface area (Å²) in [5, 5.41) is 2.37. The molecule has 0 aliphatic carbocycles. The highest BCUT2D eigenvalue weighted by Gasteiger charge is 2.46. The van der Waals surface area contributed by atoms with Crippen molar-refractivity contribution in [3.05, 3.63) is 83.9 Å². The Morgan fingerprint density at radius 1 is 0.935 bits per heavy atom. The maximum Gasteiger partial charge on any atom is 0.240 e. The summed E-state index contributed by atoms with van der Waals surface area (Å²) in [7, 11) is 0. The topological polar surface area (TPSA) is 23.6 Å². The monoisotopic (exact) mass is 408 g/mol. The van der Waals surface area contributed by atoms with Crippen molar-refractivity contribution in [3.8, 4) is 12.3 Å². The predicted octanol–water partition coefficient (Wildman–Crippen LogP) is 4.68. The van der Waals surface area contributed by atoms with Crippen LogP contribution in [0.15, 0.2) is 72.8 Å². The fourth-order valence-corrected chi connectivity index (χ4v) is 5.42. The van der Waals surface area contributed by atoms with Gasteiger partial charge in [0.1, 0.15) is 0 Å². The van der Waals surface area contributed by atoms with Crippen molar-refractivity contribution in [2.75, 3.05) is 19.6 Å². The molecule has 31 heavy (non-hydrogen) atoms. The number of benzene rings is 3. The third-order valence-corrected chi connectivity index (χ3v) is 7.02. The van der Waals surface area contributed by atoms with E-state index in [0.29, 0.717) is 5.92 Å². The summed E-state index contributed by atoms with van der Waals surface area (Å²) in [5.74, 6) is 3.70. The van der Waals surface area contributed by atoms with Gasteiger partial charge in [-0.25, -0.2) is 0 Å². The van der Waals surface area contributed by atoms with Gasteiger partial charge in [-0.1, -0.05) is 78.7 Å². The molecule has 0 aromatic heterocycles. The molecule has 3 aromatic rings. The lowest BCUT2D eigenvalue weighted by Gasteiger charge is -2.39. The minimum atomic E-state index is -0.181. The summed E-state index contributed by atoms with van der Waals surface area (Å²) in [6.45, 7) is 2.51. The van der Waals surface area contributed by atoms with Crippen LogP contribution < -0.4 is 0 Å². The van der Waals surface area contributed by atoms with Crippen LogP contribution in [0.4, 0.5) is 0 Å². The third-order valence-electron chi connectivity index (χ3n) is 7.02. The van der Waals surface area contributed by atoms with E-state index < -0.39 is 0 Å². The number of carbonyl (C=O) groups excluding carboxylic acids is 1. The number of terminal acetylenes is 1. The molecule has 1 amide bonds. The normalized spacial score (nSPS) is 22.3. The second kappa shape index (κ2) is 8.57. The number of hydrogen-bond donors (Lipinski definition) is 0. The summed E-state index contributed by atoms with van der Waals surface area (Å²) >= 11 is 0. The number of hydrogen-bond acceptors (Lipinski definition) is 2. The highest BCUT2D eigenvalue weighted by atomic mass is 16.2. The molecule has 3 heteroatoms. The van der Waals surface area contributed by atoms with Crippen LogP contribution in [0.2, 0.25) is 0 Å². The van der Waals surface area contributed by atoms with Gasteiger partial charge in [-0.05, 0) is 47.1 Å². The smallest absolute Gasteiger partial charge is 0.240 e. The zero-order chi connectivity index (χ0) is 21.2. The van der Waals surface area contributed by atoms with Crippen molar-refractivity contribution in [2.24, 2.45) is 5.92 Å². The van der Waals surface area contributed by atoms with Crippen molar-refractivity contribution >= 4 is 16.7 Å². The zero-order valence-electron chi connectivity index (χ0n) is 17.8. The Kier molecular flexibility index (Phi) is 5.49. The van der Waals surface area contributed by atoms with Gasteiger partial charge in [0.05, 0.1) is 12.1 Å². The minimum absolute atomic E-state index is 0.107. The van der Waals surface area contributed by atoms with Crippen LogP contribution in [0.1, 0.15) is 30.0 Å². The summed E-state index contributed by atoms with van der Waals surface area (Å²) in [6.07, 6.45) is 9.10. The van der Waals surface area contributed by atoms with E-state index in [4.69, 9.17) is 6.42 Å². The molecular weight excluding hydrogens is 380 g/mol. The van der Waals surface area contributed by atoms with Crippen LogP contribution >= 0.6 is 0 Å². The number of fused-ring (bicyclic) bond motifs is 2. The van der Waals surface area contributed by atoms with Gasteiger partial charge in [-0.3, -0.25) is 9.69 Å². The zero-order valence-corrected chi connectivity index (χ0v) is 17.8. The second-order valence-electron chi connectivity index (χ2n) is 8.72. The van der Waals surface area contributed by atoms with Crippen LogP contribution in [0.3, 0.4) is 0 Å². The molecule has 2 heterocycles. The first-order chi connectivity index (χ1) is 15.3. The summed E-state index contributed by atoms with van der Waals surface area (Å²) < 4.78 is 0. The van der Waals surface area contributed by atoms with E-state index in [2.05, 4.69) is 82.5 Å². The molecule has 1 unspecified atom stereocenters. The predicted molar refractivity (Wildman–Crippen MR) is 125 cm³/mol. The van der Waals surface area contributed by atoms with Gasteiger partial charge in [0.15, 0.2) is 0 Å². The molecule has 0 bridgehead atoms. The molecule has 5 rings (SSSR count). The molecular formula is C28H28N2O. The SMILES string of the molecule is C#CC(c1cccc2ccccc12)N1CC[C@H]2CCN(CCc3ccccc3)C(=O)[C@H]21. The average molecular weight is 409 g/mol. The van der Waals surface area contributed by atoms with E-state index >= 15 is 0 Å². The van der Waals surface area contributed by atoms with Gasteiger partial charge in [0.2, 0.25) is 5.91 Å². The standard InChI is InChI=1S/C28H28N2O/c1-2-26(25-14-8-12-22-11-6-7-13-24(22)25)30-20-17-23-16-19-29(28(31)27(23)30)18-15-21-9-4-3-5-10-21/h1,3-14,23,26-27H,15-20H2/t23-,26?,27+/m1/s1. The van der Waals surface area contributed by atoms with Gasteiger partial charge >= 0.3 is 0 Å². The van der Waals surface area contributed by atoms with E-state index in [0.717, 1.165) is 44.5 Å². The number of rotatable bonds is 5. The number of carbonyl (C=O) groups is 1. The molecule has 3 aromatic carbocycles. The van der Waals surface area contributed by atoms with Crippen molar-refractivity contribution < 1.29 is 4.79 Å². The molecule has 2 aliphatic rings. The lowest BCUT2D eigenvalue weighted by molar-refractivity contribution is -0.141. The number of nitrogens with zero attached hydrogens (tertiary/aromatic N) is 2. The third kappa shape index (κ3) is 3.73. The van der Waals surface area contributed by atoms with Gasteiger partial charge in [-0.2, -0.15) is 0 Å². The molecule has 2 aliphatic heterocycles. The quantitative estimate of drug-likeness (QED) is 0.573. The fraction of sp³-hybridized carbons (Fsp3) is 0.321. The molecule has 2 fully saturated rings. The maximum atomic E-state index is 13.6. The fourth-order valence-electron chi connectivity index (χ4n) is 5.42. The van der Waals surface area contributed by atoms with Crippen molar-refractivity contribution in [1.29, 1.82) is 0 Å². The highest BCUT2D eigenvalue weighted by Crippen LogP contribution is 2.39. The Hall–Kier alpha value is -3.09. The maximum absolute atomic E-state index is 13.6. The van der Waals surface area contributed by atoms with Crippen LogP contribution in [-0.2, 0) is 11.2 Å². The molecule has 156 valence electrons. The number of piperidine rings is 1. The molecule has 0 spiro atoms. The van der Waals surface area contributed by atoms with Gasteiger partial charge in [0.25, 0.3) is 0 Å². The number of amides is 1. The summed E-state index contributed by atoms with van der Waals surface area (Å²) in [6, 6.07) is 24.8. The van der Waals surface area contributed by atoms with Crippen LogP contribution in [0.5, 0.6) is 0 Å². The van der Waals surface area contributed by atoms with Gasteiger partial charge in [-0.15, -0.1) is 6.42 Å². The van der Waals surface area contributed by atoms with Gasteiger partial charge < -0.3 is 4.90 Å². The lowest BCUT2D eigenvalue weighted by Crippen LogP contribution is -2.53. The first kappa shape index (κ1) is 19.8. The first-order valence-corrected chi connectivity index (χ1v) is 11.3. The molecule has 3 atom stereocenters. The van der Waals surface area contributed by atoms with E-state index in [-0.39, 0.29) is 18.0 Å². The van der Waals surface area contributed by atoms with Crippen molar-refractivity contribution in [2.45, 2.75) is 31.3 Å². The number of likely N-dealkylation sites (tertiary alicyclic amines) is 2. The van der Waals surface area contributed by atoms with E-state index in [9.17, 15) is 4.79 Å². The van der Waals surface area contributed by atoms with Crippen LogP contribution in [0.25, 0.3) is 10.8 Å². The Bertz CT molecular complexity index is 1110. The molecule has 2 saturated heterocycles.